The molecule has 0 aliphatic carbocycles. The van der Waals surface area contributed by atoms with Crippen LogP contribution in [0.15, 0.2) is 91.0 Å². The molecule has 0 radical (unpaired) electrons. The van der Waals surface area contributed by atoms with Crippen LogP contribution < -0.4 is 10.9 Å². The van der Waals surface area contributed by atoms with E-state index in [-0.39, 0.29) is 23.6 Å². The van der Waals surface area contributed by atoms with Crippen molar-refractivity contribution in [2.24, 2.45) is 0 Å². The molecule has 0 saturated carbocycles. The molecule has 0 atom stereocenters. The van der Waals surface area contributed by atoms with Crippen molar-refractivity contribution in [2.75, 3.05) is 0 Å². The predicted octanol–water partition coefficient (Wildman–Crippen LogP) is 10.3. The van der Waals surface area contributed by atoms with Gasteiger partial charge in [0.25, 0.3) is 0 Å². The maximum absolute atomic E-state index is 5.26. The molecule has 218 valence electrons. The molecule has 0 saturated heterocycles. The van der Waals surface area contributed by atoms with Gasteiger partial charge in [-0.2, -0.15) is 0 Å². The van der Waals surface area contributed by atoms with Gasteiger partial charge in [0.15, 0.2) is 0 Å². The molecule has 5 aromatic rings. The molecule has 3 aromatic carbocycles. The number of hydrogen-bond donors (Lipinski definition) is 0. The fraction of sp³-hybridized carbons (Fsp3) is 0.368. The maximum atomic E-state index is 5.26. The van der Waals surface area contributed by atoms with Crippen molar-refractivity contribution in [3.05, 3.63) is 108 Å². The Bertz CT molecular complexity index is 1610. The number of benzene rings is 3. The van der Waals surface area contributed by atoms with Crippen LogP contribution >= 0.6 is 15.8 Å². The number of rotatable bonds is 6. The molecule has 4 heteroatoms. The van der Waals surface area contributed by atoms with Gasteiger partial charge in [-0.3, -0.25) is 0 Å². The first-order valence-electron chi connectivity index (χ1n) is 15.1. The van der Waals surface area contributed by atoms with Crippen molar-refractivity contribution in [3.63, 3.8) is 0 Å². The van der Waals surface area contributed by atoms with Crippen molar-refractivity contribution in [2.45, 2.75) is 90.4 Å². The van der Waals surface area contributed by atoms with Crippen LogP contribution in [0.1, 0.15) is 79.0 Å². The summed E-state index contributed by atoms with van der Waals surface area (Å²) in [5, 5.41) is 2.88. The number of para-hydroxylation sites is 2. The van der Waals surface area contributed by atoms with Gasteiger partial charge >= 0.3 is 0 Å². The van der Waals surface area contributed by atoms with E-state index in [4.69, 9.17) is 9.97 Å². The van der Waals surface area contributed by atoms with E-state index in [2.05, 4.69) is 153 Å². The summed E-state index contributed by atoms with van der Waals surface area (Å²) in [6, 6.07) is 33.2. The van der Waals surface area contributed by atoms with E-state index in [1.165, 1.54) is 27.5 Å². The van der Waals surface area contributed by atoms with Crippen molar-refractivity contribution in [3.8, 4) is 0 Å². The molecule has 0 spiro atoms. The average molecular weight is 593 g/mol. The molecule has 0 aliphatic heterocycles. The molecule has 0 bridgehead atoms. The third-order valence-electron chi connectivity index (χ3n) is 8.07. The summed E-state index contributed by atoms with van der Waals surface area (Å²) in [7, 11) is -1.11. The number of aromatic nitrogens is 2. The Morgan fingerprint density at radius 3 is 1.50 bits per heavy atom. The number of nitrogens with zero attached hydrogens (tertiary/aromatic N) is 2. The molecular weight excluding hydrogens is 546 g/mol. The van der Waals surface area contributed by atoms with Crippen LogP contribution in [-0.2, 0) is 17.7 Å². The lowest BCUT2D eigenvalue weighted by Gasteiger charge is -2.42. The Kier molecular flexibility index (Phi) is 8.64. The summed E-state index contributed by atoms with van der Waals surface area (Å²) < 4.78 is 0. The molecule has 0 fully saturated rings. The summed E-state index contributed by atoms with van der Waals surface area (Å²) in [6.07, 6.45) is 2.06. The van der Waals surface area contributed by atoms with Crippen LogP contribution in [-0.4, -0.2) is 20.3 Å². The summed E-state index contributed by atoms with van der Waals surface area (Å²) >= 11 is 0. The maximum Gasteiger partial charge on any atom is 0.0709 e. The van der Waals surface area contributed by atoms with Crippen LogP contribution in [0.2, 0.25) is 0 Å². The van der Waals surface area contributed by atoms with Gasteiger partial charge in [-0.1, -0.05) is 137 Å². The lowest BCUT2D eigenvalue weighted by Crippen LogP contribution is -2.26. The van der Waals surface area contributed by atoms with Gasteiger partial charge in [0.05, 0.1) is 21.9 Å². The van der Waals surface area contributed by atoms with Gasteiger partial charge in [-0.15, -0.1) is 0 Å². The van der Waals surface area contributed by atoms with E-state index in [9.17, 15) is 0 Å². The van der Waals surface area contributed by atoms with Crippen molar-refractivity contribution in [1.82, 2.24) is 9.97 Å². The highest BCUT2D eigenvalue weighted by Gasteiger charge is 2.35. The Labute approximate surface area is 255 Å². The summed E-state index contributed by atoms with van der Waals surface area (Å²) in [4.78, 5) is 10.5. The molecule has 0 aliphatic rings. The first-order chi connectivity index (χ1) is 19.7. The lowest BCUT2D eigenvalue weighted by molar-refractivity contribution is 0.589. The zero-order valence-electron chi connectivity index (χ0n) is 26.9. The second-order valence-electron chi connectivity index (χ2n) is 14.5. The number of fused-ring (bicyclic) bond motifs is 2. The molecule has 2 nitrogen and oxygen atoms in total. The van der Waals surface area contributed by atoms with E-state index >= 15 is 0 Å². The van der Waals surface area contributed by atoms with Crippen molar-refractivity contribution in [1.29, 1.82) is 0 Å². The minimum Gasteiger partial charge on any atom is -0.248 e. The van der Waals surface area contributed by atoms with Gasteiger partial charge in [0, 0.05) is 24.9 Å². The SMILES string of the molecule is CC(C)(C)c1ccc(CP(C(C)(C)C)C(C)(C)C)c(CP(c2ccc3ccccc3n2)c2ccc3ccccc3n2)c1. The zero-order valence-corrected chi connectivity index (χ0v) is 28.7. The van der Waals surface area contributed by atoms with E-state index in [1.54, 1.807) is 0 Å². The largest absolute Gasteiger partial charge is 0.248 e. The normalized spacial score (nSPS) is 13.0. The molecular formula is C38H46N2P2. The summed E-state index contributed by atoms with van der Waals surface area (Å²) in [5.41, 5.74) is 8.82. The minimum absolute atomic E-state index is 0.0806. The van der Waals surface area contributed by atoms with Crippen LogP contribution in [0.25, 0.3) is 21.8 Å². The van der Waals surface area contributed by atoms with Crippen molar-refractivity contribution >= 4 is 48.5 Å². The topological polar surface area (TPSA) is 25.8 Å². The molecule has 2 aromatic heterocycles. The Morgan fingerprint density at radius 1 is 0.524 bits per heavy atom. The monoisotopic (exact) mass is 592 g/mol. The van der Waals surface area contributed by atoms with E-state index in [0.717, 1.165) is 34.2 Å². The Morgan fingerprint density at radius 2 is 1.02 bits per heavy atom. The molecule has 2 heterocycles. The Hall–Kier alpha value is -2.66. The van der Waals surface area contributed by atoms with Gasteiger partial charge in [0.2, 0.25) is 0 Å². The smallest absolute Gasteiger partial charge is 0.0709 e. The standard InChI is InChI=1S/C38H46N2P2/c1-36(2,3)31-21-18-29(26-42(37(4,5)6)38(7,8)9)30(24-31)25-41(34-22-19-27-14-10-12-16-32(27)39-34)35-23-20-28-15-11-13-17-33(28)40-35/h10-24H,25-26H2,1-9H3. The quantitative estimate of drug-likeness (QED) is 0.183. The van der Waals surface area contributed by atoms with E-state index in [0.29, 0.717) is 0 Å². The van der Waals surface area contributed by atoms with Gasteiger partial charge in [-0.25, -0.2) is 9.97 Å². The zero-order chi connectivity index (χ0) is 30.3. The second kappa shape index (κ2) is 11.8. The highest BCUT2D eigenvalue weighted by Crippen LogP contribution is 2.61. The van der Waals surface area contributed by atoms with E-state index in [1.807, 2.05) is 0 Å². The number of pyridine rings is 2. The fourth-order valence-corrected chi connectivity index (χ4v) is 11.7. The molecule has 5 rings (SSSR count). The summed E-state index contributed by atoms with van der Waals surface area (Å²) in [5.74, 6) is 0. The van der Waals surface area contributed by atoms with Crippen LogP contribution in [0, 0.1) is 0 Å². The van der Waals surface area contributed by atoms with E-state index < -0.39 is 7.92 Å². The highest BCUT2D eigenvalue weighted by molar-refractivity contribution is 7.71. The predicted molar refractivity (Wildman–Crippen MR) is 189 cm³/mol. The molecule has 0 unspecified atom stereocenters. The first-order valence-corrected chi connectivity index (χ1v) is 18.1. The third-order valence-corrected chi connectivity index (χ3v) is 14.2. The van der Waals surface area contributed by atoms with Crippen LogP contribution in [0.3, 0.4) is 0 Å². The third kappa shape index (κ3) is 6.93. The van der Waals surface area contributed by atoms with Crippen LogP contribution in [0.5, 0.6) is 0 Å². The molecule has 0 N–H and O–H groups in total. The molecule has 0 amide bonds. The fourth-order valence-electron chi connectivity index (χ4n) is 5.91. The van der Waals surface area contributed by atoms with Gasteiger partial charge in [0.1, 0.15) is 0 Å². The van der Waals surface area contributed by atoms with Gasteiger partial charge < -0.3 is 0 Å². The van der Waals surface area contributed by atoms with Crippen molar-refractivity contribution < 1.29 is 0 Å². The summed E-state index contributed by atoms with van der Waals surface area (Å²) in [6.45, 7) is 21.5. The average Bonchev–Trinajstić information content (AvgIpc) is 2.92. The first kappa shape index (κ1) is 30.8. The molecule has 42 heavy (non-hydrogen) atoms. The minimum atomic E-state index is -0.834. The van der Waals surface area contributed by atoms with Gasteiger partial charge in [-0.05, 0) is 62.8 Å². The van der Waals surface area contributed by atoms with Crippen LogP contribution in [0.4, 0.5) is 0 Å². The number of hydrogen-bond acceptors (Lipinski definition) is 2. The highest BCUT2D eigenvalue weighted by atomic mass is 31.1. The lowest BCUT2D eigenvalue weighted by atomic mass is 9.85. The second-order valence-corrected chi connectivity index (χ2v) is 20.4. The Balaban J connectivity index is 1.67.